The van der Waals surface area contributed by atoms with Gasteiger partial charge in [0.05, 0.1) is 6.61 Å². The Balaban J connectivity index is 1.95. The van der Waals surface area contributed by atoms with E-state index in [1.54, 1.807) is 0 Å². The zero-order valence-electron chi connectivity index (χ0n) is 11.8. The van der Waals surface area contributed by atoms with Gasteiger partial charge in [0.15, 0.2) is 0 Å². The van der Waals surface area contributed by atoms with Crippen LogP contribution in [0.25, 0.3) is 0 Å². The minimum atomic E-state index is -0.0410. The molecular formula is C16H25NOS. The van der Waals surface area contributed by atoms with E-state index in [1.807, 2.05) is 11.8 Å². The van der Waals surface area contributed by atoms with E-state index in [-0.39, 0.29) is 12.1 Å². The summed E-state index contributed by atoms with van der Waals surface area (Å²) in [6.45, 7) is 3.44. The summed E-state index contributed by atoms with van der Waals surface area (Å²) in [6.07, 6.45) is 5.77. The van der Waals surface area contributed by atoms with Crippen LogP contribution in [0.1, 0.15) is 39.0 Å². The van der Waals surface area contributed by atoms with Crippen LogP contribution in [0.5, 0.6) is 0 Å². The van der Waals surface area contributed by atoms with E-state index >= 15 is 0 Å². The fraction of sp³-hybridized carbons (Fsp3) is 0.625. The Bertz CT molecular complexity index is 370. The SMILES string of the molecule is CCCNC1(CO)CCCC(Sc2ccccc2)C1. The molecule has 1 fully saturated rings. The van der Waals surface area contributed by atoms with E-state index in [0.29, 0.717) is 5.25 Å². The molecule has 1 aromatic carbocycles. The molecule has 2 N–H and O–H groups in total. The van der Waals surface area contributed by atoms with Crippen molar-refractivity contribution >= 4 is 11.8 Å². The first-order chi connectivity index (χ1) is 9.28. The Kier molecular flexibility index (Phi) is 5.74. The van der Waals surface area contributed by atoms with Crippen LogP contribution in [0.4, 0.5) is 0 Å². The van der Waals surface area contributed by atoms with Crippen molar-refractivity contribution in [3.63, 3.8) is 0 Å². The van der Waals surface area contributed by atoms with Crippen molar-refractivity contribution in [1.29, 1.82) is 0 Å². The highest BCUT2D eigenvalue weighted by Gasteiger charge is 2.35. The molecule has 2 unspecified atom stereocenters. The molecule has 0 radical (unpaired) electrons. The second-order valence-corrected chi connectivity index (χ2v) is 6.89. The van der Waals surface area contributed by atoms with Crippen LogP contribution >= 0.6 is 11.8 Å². The van der Waals surface area contributed by atoms with Gasteiger partial charge in [-0.05, 0) is 44.4 Å². The lowest BCUT2D eigenvalue weighted by atomic mass is 9.82. The summed E-state index contributed by atoms with van der Waals surface area (Å²) in [5.41, 5.74) is -0.0410. The molecule has 2 atom stereocenters. The molecule has 2 nitrogen and oxygen atoms in total. The lowest BCUT2D eigenvalue weighted by molar-refractivity contribution is 0.124. The molecule has 19 heavy (non-hydrogen) atoms. The molecule has 0 heterocycles. The van der Waals surface area contributed by atoms with Crippen molar-refractivity contribution in [2.45, 2.75) is 54.7 Å². The number of hydrogen-bond acceptors (Lipinski definition) is 3. The molecule has 106 valence electrons. The number of benzene rings is 1. The van der Waals surface area contributed by atoms with E-state index in [2.05, 4.69) is 42.6 Å². The van der Waals surface area contributed by atoms with Crippen LogP contribution < -0.4 is 5.32 Å². The predicted molar refractivity (Wildman–Crippen MR) is 82.7 cm³/mol. The first-order valence-electron chi connectivity index (χ1n) is 7.35. The summed E-state index contributed by atoms with van der Waals surface area (Å²) in [6, 6.07) is 10.6. The van der Waals surface area contributed by atoms with Gasteiger partial charge in [0.25, 0.3) is 0 Å². The van der Waals surface area contributed by atoms with E-state index < -0.39 is 0 Å². The van der Waals surface area contributed by atoms with Gasteiger partial charge >= 0.3 is 0 Å². The summed E-state index contributed by atoms with van der Waals surface area (Å²) in [5.74, 6) is 0. The maximum Gasteiger partial charge on any atom is 0.0613 e. The highest BCUT2D eigenvalue weighted by molar-refractivity contribution is 8.00. The summed E-state index contributed by atoms with van der Waals surface area (Å²) < 4.78 is 0. The van der Waals surface area contributed by atoms with Crippen molar-refractivity contribution < 1.29 is 5.11 Å². The van der Waals surface area contributed by atoms with E-state index in [4.69, 9.17) is 0 Å². The Morgan fingerprint density at radius 3 is 2.84 bits per heavy atom. The number of hydrogen-bond donors (Lipinski definition) is 2. The minimum absolute atomic E-state index is 0.0410. The van der Waals surface area contributed by atoms with Gasteiger partial charge in [-0.25, -0.2) is 0 Å². The molecule has 3 heteroatoms. The van der Waals surface area contributed by atoms with Crippen LogP contribution in [0.2, 0.25) is 0 Å². The zero-order chi connectivity index (χ0) is 13.6. The largest absolute Gasteiger partial charge is 0.394 e. The quantitative estimate of drug-likeness (QED) is 0.836. The molecule has 1 saturated carbocycles. The number of thioether (sulfide) groups is 1. The normalized spacial score (nSPS) is 27.4. The molecule has 0 aliphatic heterocycles. The van der Waals surface area contributed by atoms with Crippen molar-refractivity contribution in [3.8, 4) is 0 Å². The third-order valence-electron chi connectivity index (χ3n) is 3.90. The molecular weight excluding hydrogens is 254 g/mol. The average Bonchev–Trinajstić information content (AvgIpc) is 2.46. The van der Waals surface area contributed by atoms with Crippen LogP contribution in [0.3, 0.4) is 0 Å². The van der Waals surface area contributed by atoms with Gasteiger partial charge in [0.2, 0.25) is 0 Å². The molecule has 0 bridgehead atoms. The maximum atomic E-state index is 9.78. The number of aliphatic hydroxyl groups excluding tert-OH is 1. The van der Waals surface area contributed by atoms with Gasteiger partial charge in [-0.3, -0.25) is 0 Å². The Labute approximate surface area is 121 Å². The Morgan fingerprint density at radius 2 is 2.16 bits per heavy atom. The Morgan fingerprint density at radius 1 is 1.37 bits per heavy atom. The summed E-state index contributed by atoms with van der Waals surface area (Å²) in [4.78, 5) is 1.34. The molecule has 0 spiro atoms. The van der Waals surface area contributed by atoms with Gasteiger partial charge < -0.3 is 10.4 Å². The van der Waals surface area contributed by atoms with Crippen LogP contribution in [0, 0.1) is 0 Å². The summed E-state index contributed by atoms with van der Waals surface area (Å²) >= 11 is 1.96. The monoisotopic (exact) mass is 279 g/mol. The van der Waals surface area contributed by atoms with Gasteiger partial charge in [-0.15, -0.1) is 11.8 Å². The standard InChI is InChI=1S/C16H25NOS/c1-2-11-17-16(13-18)10-6-9-15(12-16)19-14-7-4-3-5-8-14/h3-5,7-8,15,17-18H,2,6,9-13H2,1H3. The predicted octanol–water partition coefficient (Wildman–Crippen LogP) is 3.45. The highest BCUT2D eigenvalue weighted by Crippen LogP contribution is 2.38. The topological polar surface area (TPSA) is 32.3 Å². The van der Waals surface area contributed by atoms with Gasteiger partial charge in [0.1, 0.15) is 0 Å². The molecule has 1 aromatic rings. The second kappa shape index (κ2) is 7.32. The van der Waals surface area contributed by atoms with Crippen LogP contribution in [-0.2, 0) is 0 Å². The molecule has 1 aliphatic rings. The number of rotatable bonds is 6. The first-order valence-corrected chi connectivity index (χ1v) is 8.23. The number of aliphatic hydroxyl groups is 1. The smallest absolute Gasteiger partial charge is 0.0613 e. The van der Waals surface area contributed by atoms with E-state index in [0.717, 1.165) is 25.8 Å². The van der Waals surface area contributed by atoms with Gasteiger partial charge in [0, 0.05) is 15.7 Å². The molecule has 0 amide bonds. The zero-order valence-corrected chi connectivity index (χ0v) is 12.6. The summed E-state index contributed by atoms with van der Waals surface area (Å²) in [5, 5.41) is 14.0. The Hall–Kier alpha value is -0.510. The van der Waals surface area contributed by atoms with E-state index in [9.17, 15) is 5.11 Å². The van der Waals surface area contributed by atoms with Crippen molar-refractivity contribution in [3.05, 3.63) is 30.3 Å². The number of nitrogens with one attached hydrogen (secondary N) is 1. The fourth-order valence-corrected chi connectivity index (χ4v) is 4.24. The van der Waals surface area contributed by atoms with Crippen molar-refractivity contribution in [2.24, 2.45) is 0 Å². The third-order valence-corrected chi connectivity index (χ3v) is 5.18. The lowest BCUT2D eigenvalue weighted by Crippen LogP contribution is -2.52. The second-order valence-electron chi connectivity index (χ2n) is 5.51. The van der Waals surface area contributed by atoms with E-state index in [1.165, 1.54) is 17.7 Å². The third kappa shape index (κ3) is 4.23. The van der Waals surface area contributed by atoms with Crippen molar-refractivity contribution in [2.75, 3.05) is 13.2 Å². The molecule has 2 rings (SSSR count). The van der Waals surface area contributed by atoms with Gasteiger partial charge in [-0.1, -0.05) is 31.5 Å². The molecule has 1 aliphatic carbocycles. The van der Waals surface area contributed by atoms with Crippen molar-refractivity contribution in [1.82, 2.24) is 5.32 Å². The highest BCUT2D eigenvalue weighted by atomic mass is 32.2. The van der Waals surface area contributed by atoms with Crippen LogP contribution in [0.15, 0.2) is 35.2 Å². The lowest BCUT2D eigenvalue weighted by Gasteiger charge is -2.40. The van der Waals surface area contributed by atoms with Crippen LogP contribution in [-0.4, -0.2) is 29.0 Å². The fourth-order valence-electron chi connectivity index (χ4n) is 2.85. The first kappa shape index (κ1) is 14.9. The molecule has 0 saturated heterocycles. The van der Waals surface area contributed by atoms with Gasteiger partial charge in [-0.2, -0.15) is 0 Å². The minimum Gasteiger partial charge on any atom is -0.394 e. The maximum absolute atomic E-state index is 9.78. The summed E-state index contributed by atoms with van der Waals surface area (Å²) in [7, 11) is 0. The molecule has 0 aromatic heterocycles. The average molecular weight is 279 g/mol.